The predicted molar refractivity (Wildman–Crippen MR) is 72.2 cm³/mol. The van der Waals surface area contributed by atoms with Gasteiger partial charge in [0.25, 0.3) is 10.0 Å². The van der Waals surface area contributed by atoms with Crippen LogP contribution in [-0.2, 0) is 14.8 Å². The van der Waals surface area contributed by atoms with Crippen LogP contribution in [-0.4, -0.2) is 30.9 Å². The quantitative estimate of drug-likeness (QED) is 0.679. The Morgan fingerprint density at radius 1 is 1.42 bits per heavy atom. The van der Waals surface area contributed by atoms with Crippen molar-refractivity contribution in [2.45, 2.75) is 24.3 Å². The zero-order chi connectivity index (χ0) is 14.6. The third-order valence-electron chi connectivity index (χ3n) is 2.22. The molecule has 0 saturated carbocycles. The van der Waals surface area contributed by atoms with Crippen molar-refractivity contribution in [3.8, 4) is 0 Å². The lowest BCUT2D eigenvalue weighted by Gasteiger charge is -2.21. The second-order valence-corrected chi connectivity index (χ2v) is 6.14. The number of nitrogens with zero attached hydrogens (tertiary/aromatic N) is 1. The number of rotatable bonds is 4. The van der Waals surface area contributed by atoms with Crippen molar-refractivity contribution in [3.05, 3.63) is 24.3 Å². The number of halogens is 1. The molecular weight excluding hydrogens is 292 g/mol. The van der Waals surface area contributed by atoms with Crippen molar-refractivity contribution in [2.75, 3.05) is 12.3 Å². The minimum Gasteiger partial charge on any atom is -0.429 e. The summed E-state index contributed by atoms with van der Waals surface area (Å²) in [6.45, 7) is 2.88. The first-order chi connectivity index (χ1) is 8.78. The summed E-state index contributed by atoms with van der Waals surface area (Å²) in [5, 5.41) is 0. The predicted octanol–water partition coefficient (Wildman–Crippen LogP) is 2.00. The highest BCUT2D eigenvalue weighted by atomic mass is 35.5. The molecule has 1 aromatic rings. The molecule has 1 atom stereocenters. The minimum atomic E-state index is -3.97. The maximum absolute atomic E-state index is 12.2. The summed E-state index contributed by atoms with van der Waals surface area (Å²) in [7, 11) is -3.97. The number of nitrogen functional groups attached to an aromatic ring is 1. The van der Waals surface area contributed by atoms with Crippen LogP contribution < -0.4 is 5.73 Å². The van der Waals surface area contributed by atoms with E-state index in [0.29, 0.717) is 9.99 Å². The molecule has 0 aliphatic carbocycles. The average molecular weight is 307 g/mol. The fourth-order valence-corrected chi connectivity index (χ4v) is 2.75. The fraction of sp³-hybridized carbons (Fsp3) is 0.364. The lowest BCUT2D eigenvalue weighted by Crippen LogP contribution is -2.38. The first-order valence-corrected chi connectivity index (χ1v) is 7.39. The molecule has 0 bridgehead atoms. The Bertz CT molecular complexity index is 542. The van der Waals surface area contributed by atoms with Crippen molar-refractivity contribution >= 4 is 33.4 Å². The highest BCUT2D eigenvalue weighted by Gasteiger charge is 2.29. The number of carbonyl (C=O) groups is 1. The van der Waals surface area contributed by atoms with E-state index in [4.69, 9.17) is 17.3 Å². The minimum absolute atomic E-state index is 0.0391. The van der Waals surface area contributed by atoms with E-state index in [9.17, 15) is 13.2 Å². The van der Waals surface area contributed by atoms with Gasteiger partial charge >= 0.3 is 6.09 Å². The lowest BCUT2D eigenvalue weighted by molar-refractivity contribution is 0.119. The molecule has 0 fully saturated rings. The summed E-state index contributed by atoms with van der Waals surface area (Å²) in [6.07, 6.45) is -1.01. The van der Waals surface area contributed by atoms with Crippen LogP contribution in [0, 0.1) is 0 Å². The molecule has 2 N–H and O–H groups in total. The van der Waals surface area contributed by atoms with E-state index in [-0.39, 0.29) is 11.4 Å². The largest absolute Gasteiger partial charge is 0.429 e. The number of benzene rings is 1. The number of anilines is 1. The first kappa shape index (κ1) is 15.6. The SMILES string of the molecule is CCN(C(=O)OC(C)Cl)S(=O)(=O)c1ccc(N)cc1. The van der Waals surface area contributed by atoms with Crippen molar-refractivity contribution in [2.24, 2.45) is 0 Å². The van der Waals surface area contributed by atoms with Gasteiger partial charge in [-0.15, -0.1) is 0 Å². The summed E-state index contributed by atoms with van der Waals surface area (Å²) in [6, 6.07) is 5.53. The molecule has 6 nitrogen and oxygen atoms in total. The Morgan fingerprint density at radius 2 is 1.95 bits per heavy atom. The molecule has 8 heteroatoms. The molecule has 0 heterocycles. The number of carbonyl (C=O) groups excluding carboxylic acids is 1. The number of hydrogen-bond acceptors (Lipinski definition) is 5. The number of alkyl halides is 1. The number of ether oxygens (including phenoxy) is 1. The van der Waals surface area contributed by atoms with E-state index in [1.54, 1.807) is 0 Å². The number of hydrogen-bond donors (Lipinski definition) is 1. The smallest absolute Gasteiger partial charge is 0.425 e. The van der Waals surface area contributed by atoms with E-state index in [2.05, 4.69) is 4.74 Å². The average Bonchev–Trinajstić information content (AvgIpc) is 2.28. The Balaban J connectivity index is 3.09. The van der Waals surface area contributed by atoms with E-state index in [0.717, 1.165) is 0 Å². The van der Waals surface area contributed by atoms with E-state index >= 15 is 0 Å². The Hall–Kier alpha value is -1.47. The lowest BCUT2D eigenvalue weighted by atomic mass is 10.3. The molecule has 0 aromatic heterocycles. The molecule has 106 valence electrons. The van der Waals surface area contributed by atoms with Gasteiger partial charge in [0.2, 0.25) is 0 Å². The fourth-order valence-electron chi connectivity index (χ4n) is 1.36. The third kappa shape index (κ3) is 3.74. The van der Waals surface area contributed by atoms with Crippen LogP contribution in [0.2, 0.25) is 0 Å². The van der Waals surface area contributed by atoms with Crippen LogP contribution in [0.1, 0.15) is 13.8 Å². The van der Waals surface area contributed by atoms with Crippen molar-refractivity contribution in [1.29, 1.82) is 0 Å². The van der Waals surface area contributed by atoms with E-state index < -0.39 is 21.7 Å². The van der Waals surface area contributed by atoms with Gasteiger partial charge in [-0.05, 0) is 38.1 Å². The highest BCUT2D eigenvalue weighted by molar-refractivity contribution is 7.89. The van der Waals surface area contributed by atoms with Crippen LogP contribution in [0.3, 0.4) is 0 Å². The maximum atomic E-state index is 12.2. The maximum Gasteiger partial charge on any atom is 0.425 e. The summed E-state index contributed by atoms with van der Waals surface area (Å²) in [5.74, 6) is 0. The summed E-state index contributed by atoms with van der Waals surface area (Å²) >= 11 is 5.51. The van der Waals surface area contributed by atoms with Crippen molar-refractivity contribution in [1.82, 2.24) is 4.31 Å². The third-order valence-corrected chi connectivity index (χ3v) is 4.17. The number of sulfonamides is 1. The molecule has 1 aromatic carbocycles. The Kier molecular flexibility index (Phi) is 5.02. The Morgan fingerprint density at radius 3 is 2.37 bits per heavy atom. The van der Waals surface area contributed by atoms with Crippen LogP contribution in [0.15, 0.2) is 29.2 Å². The summed E-state index contributed by atoms with van der Waals surface area (Å²) in [5.41, 5.74) is 5.00. The van der Waals surface area contributed by atoms with E-state index in [1.807, 2.05) is 0 Å². The van der Waals surface area contributed by atoms with Gasteiger partial charge in [-0.1, -0.05) is 11.6 Å². The molecule has 1 unspecified atom stereocenters. The van der Waals surface area contributed by atoms with Gasteiger partial charge in [0.15, 0.2) is 5.56 Å². The standard InChI is InChI=1S/C11H15ClN2O4S/c1-3-14(11(15)18-8(2)12)19(16,17)10-6-4-9(13)5-7-10/h4-8H,3,13H2,1-2H3. The van der Waals surface area contributed by atoms with Gasteiger partial charge < -0.3 is 10.5 Å². The zero-order valence-corrected chi connectivity index (χ0v) is 12.1. The van der Waals surface area contributed by atoms with Crippen molar-refractivity contribution < 1.29 is 17.9 Å². The monoisotopic (exact) mass is 306 g/mol. The number of amides is 1. The molecule has 0 spiro atoms. The second kappa shape index (κ2) is 6.12. The van der Waals surface area contributed by atoms with Gasteiger partial charge in [-0.3, -0.25) is 0 Å². The summed E-state index contributed by atoms with van der Waals surface area (Å²) < 4.78 is 29.8. The molecule has 0 aliphatic rings. The van der Waals surface area contributed by atoms with Crippen LogP contribution in [0.4, 0.5) is 10.5 Å². The number of nitrogens with two attached hydrogens (primary N) is 1. The van der Waals surface area contributed by atoms with Gasteiger partial charge in [-0.2, -0.15) is 0 Å². The normalized spacial score (nSPS) is 12.8. The highest BCUT2D eigenvalue weighted by Crippen LogP contribution is 2.18. The molecule has 19 heavy (non-hydrogen) atoms. The van der Waals surface area contributed by atoms with Crippen LogP contribution in [0.5, 0.6) is 0 Å². The topological polar surface area (TPSA) is 89.7 Å². The molecule has 0 radical (unpaired) electrons. The molecular formula is C11H15ClN2O4S. The summed E-state index contributed by atoms with van der Waals surface area (Å²) in [4.78, 5) is 11.6. The Labute approximate surface area is 117 Å². The van der Waals surface area contributed by atoms with Gasteiger partial charge in [0, 0.05) is 12.2 Å². The van der Waals surface area contributed by atoms with Crippen LogP contribution >= 0.6 is 11.6 Å². The van der Waals surface area contributed by atoms with Gasteiger partial charge in [-0.25, -0.2) is 17.5 Å². The van der Waals surface area contributed by atoms with Gasteiger partial charge in [0.05, 0.1) is 4.90 Å². The molecule has 1 rings (SSSR count). The van der Waals surface area contributed by atoms with Crippen molar-refractivity contribution in [3.63, 3.8) is 0 Å². The second-order valence-electron chi connectivity index (χ2n) is 3.67. The zero-order valence-electron chi connectivity index (χ0n) is 10.5. The van der Waals surface area contributed by atoms with E-state index in [1.165, 1.54) is 38.1 Å². The first-order valence-electron chi connectivity index (χ1n) is 5.52. The molecule has 1 amide bonds. The molecule has 0 aliphatic heterocycles. The van der Waals surface area contributed by atoms with Crippen LogP contribution in [0.25, 0.3) is 0 Å². The molecule has 0 saturated heterocycles. The van der Waals surface area contributed by atoms with Gasteiger partial charge in [0.1, 0.15) is 0 Å².